The first-order chi connectivity index (χ1) is 10.6. The van der Waals surface area contributed by atoms with E-state index in [0.717, 1.165) is 36.7 Å². The zero-order valence-corrected chi connectivity index (χ0v) is 13.0. The summed E-state index contributed by atoms with van der Waals surface area (Å²) in [7, 11) is 0. The van der Waals surface area contributed by atoms with E-state index in [2.05, 4.69) is 10.2 Å². The minimum atomic E-state index is 0.0569. The molecule has 1 aliphatic heterocycles. The number of piperidine rings is 1. The Morgan fingerprint density at radius 2 is 2.00 bits per heavy atom. The van der Waals surface area contributed by atoms with Crippen molar-refractivity contribution >= 4 is 16.7 Å². The molecule has 0 aliphatic carbocycles. The van der Waals surface area contributed by atoms with Gasteiger partial charge in [-0.05, 0) is 6.07 Å². The lowest BCUT2D eigenvalue weighted by atomic mass is 10.1. The fourth-order valence-electron chi connectivity index (χ4n) is 2.81. The monoisotopic (exact) mass is 299 g/mol. The first-order valence-corrected chi connectivity index (χ1v) is 7.81. The number of likely N-dealkylation sites (tertiary alicyclic amines) is 1. The highest BCUT2D eigenvalue weighted by molar-refractivity contribution is 5.85. The van der Waals surface area contributed by atoms with Crippen LogP contribution in [0.2, 0.25) is 0 Å². The van der Waals surface area contributed by atoms with E-state index < -0.39 is 0 Å². The van der Waals surface area contributed by atoms with Gasteiger partial charge >= 0.3 is 0 Å². The van der Waals surface area contributed by atoms with Crippen LogP contribution in [0.5, 0.6) is 5.88 Å². The minimum absolute atomic E-state index is 0.0569. The number of benzene rings is 1. The van der Waals surface area contributed by atoms with Gasteiger partial charge in [-0.25, -0.2) is 0 Å². The van der Waals surface area contributed by atoms with Crippen LogP contribution >= 0.6 is 0 Å². The zero-order chi connectivity index (χ0) is 15.5. The Morgan fingerprint density at radius 1 is 1.27 bits per heavy atom. The molecular weight excluding hydrogens is 278 g/mol. The molecule has 1 amide bonds. The molecule has 5 nitrogen and oxygen atoms in total. The molecule has 3 rings (SSSR count). The first-order valence-electron chi connectivity index (χ1n) is 7.81. The van der Waals surface area contributed by atoms with Crippen LogP contribution in [0.25, 0.3) is 10.8 Å². The highest BCUT2D eigenvalue weighted by Gasteiger charge is 2.25. The Bertz CT molecular complexity index is 659. The summed E-state index contributed by atoms with van der Waals surface area (Å²) >= 11 is 0. The fraction of sp³-hybridized carbons (Fsp3) is 0.471. The molecule has 0 N–H and O–H groups in total. The number of amides is 1. The Hall–Kier alpha value is -2.17. The molecule has 0 atom stereocenters. The van der Waals surface area contributed by atoms with Crippen molar-refractivity contribution in [3.05, 3.63) is 30.5 Å². The minimum Gasteiger partial charge on any atom is -0.473 e. The molecule has 2 heterocycles. The lowest BCUT2D eigenvalue weighted by Crippen LogP contribution is -2.43. The summed E-state index contributed by atoms with van der Waals surface area (Å²) in [6.45, 7) is 5.38. The molecule has 2 aromatic rings. The van der Waals surface area contributed by atoms with Gasteiger partial charge in [0.2, 0.25) is 11.8 Å². The van der Waals surface area contributed by atoms with E-state index >= 15 is 0 Å². The molecule has 0 spiro atoms. The van der Waals surface area contributed by atoms with Crippen LogP contribution in [0.1, 0.15) is 26.7 Å². The van der Waals surface area contributed by atoms with Gasteiger partial charge in [-0.3, -0.25) is 4.79 Å². The average molecular weight is 299 g/mol. The summed E-state index contributed by atoms with van der Waals surface area (Å²) in [5, 5.41) is 10.1. The van der Waals surface area contributed by atoms with Gasteiger partial charge in [-0.2, -0.15) is 5.10 Å². The Morgan fingerprint density at radius 3 is 2.73 bits per heavy atom. The van der Waals surface area contributed by atoms with Gasteiger partial charge in [0, 0.05) is 42.6 Å². The lowest BCUT2D eigenvalue weighted by molar-refractivity contribution is -0.136. The topological polar surface area (TPSA) is 55.3 Å². The number of nitrogens with zero attached hydrogens (tertiary/aromatic N) is 3. The van der Waals surface area contributed by atoms with Crippen LogP contribution in [0.4, 0.5) is 0 Å². The number of fused-ring (bicyclic) bond motifs is 1. The van der Waals surface area contributed by atoms with Crippen molar-refractivity contribution in [2.75, 3.05) is 13.1 Å². The van der Waals surface area contributed by atoms with E-state index in [0.29, 0.717) is 5.88 Å². The number of aromatic nitrogens is 2. The van der Waals surface area contributed by atoms with Crippen LogP contribution < -0.4 is 4.74 Å². The summed E-state index contributed by atoms with van der Waals surface area (Å²) in [6, 6.07) is 7.95. The molecule has 1 fully saturated rings. The second kappa shape index (κ2) is 6.30. The number of hydrogen-bond acceptors (Lipinski definition) is 4. The van der Waals surface area contributed by atoms with E-state index in [1.54, 1.807) is 6.20 Å². The van der Waals surface area contributed by atoms with Crippen molar-refractivity contribution in [3.63, 3.8) is 0 Å². The van der Waals surface area contributed by atoms with Crippen LogP contribution in [-0.4, -0.2) is 40.2 Å². The normalized spacial score (nSPS) is 16.2. The molecule has 1 aliphatic rings. The molecule has 1 aromatic carbocycles. The molecule has 0 bridgehead atoms. The summed E-state index contributed by atoms with van der Waals surface area (Å²) in [4.78, 5) is 13.9. The summed E-state index contributed by atoms with van der Waals surface area (Å²) in [6.07, 6.45) is 3.51. The number of carbonyl (C=O) groups excluding carboxylic acids is 1. The van der Waals surface area contributed by atoms with E-state index in [1.165, 1.54) is 0 Å². The number of carbonyl (C=O) groups is 1. The first kappa shape index (κ1) is 14.8. The maximum absolute atomic E-state index is 12.0. The van der Waals surface area contributed by atoms with Crippen molar-refractivity contribution in [1.82, 2.24) is 15.1 Å². The largest absolute Gasteiger partial charge is 0.473 e. The van der Waals surface area contributed by atoms with Crippen LogP contribution in [0.3, 0.4) is 0 Å². The summed E-state index contributed by atoms with van der Waals surface area (Å²) < 4.78 is 6.05. The third-order valence-electron chi connectivity index (χ3n) is 4.06. The average Bonchev–Trinajstić information content (AvgIpc) is 2.55. The lowest BCUT2D eigenvalue weighted by Gasteiger charge is -2.33. The maximum Gasteiger partial charge on any atom is 0.241 e. The predicted molar refractivity (Wildman–Crippen MR) is 84.6 cm³/mol. The van der Waals surface area contributed by atoms with Crippen molar-refractivity contribution in [3.8, 4) is 5.88 Å². The van der Waals surface area contributed by atoms with Gasteiger partial charge in [0.15, 0.2) is 0 Å². The van der Waals surface area contributed by atoms with Gasteiger partial charge < -0.3 is 9.64 Å². The maximum atomic E-state index is 12.0. The number of ether oxygens (including phenoxy) is 1. The zero-order valence-electron chi connectivity index (χ0n) is 13.0. The van der Waals surface area contributed by atoms with E-state index in [4.69, 9.17) is 4.74 Å². The molecule has 0 saturated carbocycles. The smallest absolute Gasteiger partial charge is 0.241 e. The van der Waals surface area contributed by atoms with Crippen molar-refractivity contribution in [2.24, 2.45) is 5.92 Å². The standard InChI is InChI=1S/C17H21N3O2/c1-12(2)17(21)20-9-7-14(8-10-20)22-16-15-6-4-3-5-13(15)11-18-19-16/h3-6,11-12,14H,7-10H2,1-2H3. The van der Waals surface area contributed by atoms with Crippen molar-refractivity contribution in [1.29, 1.82) is 0 Å². The van der Waals surface area contributed by atoms with Crippen LogP contribution in [-0.2, 0) is 4.79 Å². The second-order valence-corrected chi connectivity index (χ2v) is 6.03. The Balaban J connectivity index is 1.66. The van der Waals surface area contributed by atoms with Gasteiger partial charge in [0.05, 0.1) is 6.20 Å². The van der Waals surface area contributed by atoms with Crippen LogP contribution in [0.15, 0.2) is 30.5 Å². The molecule has 22 heavy (non-hydrogen) atoms. The second-order valence-electron chi connectivity index (χ2n) is 6.03. The van der Waals surface area contributed by atoms with Crippen molar-refractivity contribution in [2.45, 2.75) is 32.8 Å². The third-order valence-corrected chi connectivity index (χ3v) is 4.06. The molecule has 116 valence electrons. The summed E-state index contributed by atoms with van der Waals surface area (Å²) in [5.41, 5.74) is 0. The van der Waals surface area contributed by atoms with Crippen molar-refractivity contribution < 1.29 is 9.53 Å². The molecule has 0 unspecified atom stereocenters. The highest BCUT2D eigenvalue weighted by Crippen LogP contribution is 2.25. The summed E-state index contributed by atoms with van der Waals surface area (Å²) in [5.74, 6) is 0.872. The SMILES string of the molecule is CC(C)C(=O)N1CCC(Oc2nncc3ccccc23)CC1. The quantitative estimate of drug-likeness (QED) is 0.874. The predicted octanol–water partition coefficient (Wildman–Crippen LogP) is 2.66. The van der Waals surface area contributed by atoms with Gasteiger partial charge in [0.25, 0.3) is 0 Å². The van der Waals surface area contributed by atoms with Gasteiger partial charge in [-0.15, -0.1) is 5.10 Å². The van der Waals surface area contributed by atoms with Gasteiger partial charge in [0.1, 0.15) is 6.10 Å². The third kappa shape index (κ3) is 3.03. The molecule has 5 heteroatoms. The van der Waals surface area contributed by atoms with Gasteiger partial charge in [-0.1, -0.05) is 32.0 Å². The molecule has 0 radical (unpaired) electrons. The van der Waals surface area contributed by atoms with E-state index in [-0.39, 0.29) is 17.9 Å². The number of hydrogen-bond donors (Lipinski definition) is 0. The van der Waals surface area contributed by atoms with Crippen LogP contribution in [0, 0.1) is 5.92 Å². The fourth-order valence-corrected chi connectivity index (χ4v) is 2.81. The van der Waals surface area contributed by atoms with E-state index in [9.17, 15) is 4.79 Å². The molecule has 1 saturated heterocycles. The highest BCUT2D eigenvalue weighted by atomic mass is 16.5. The molecule has 1 aromatic heterocycles. The Labute approximate surface area is 130 Å². The Kier molecular flexibility index (Phi) is 4.22. The number of rotatable bonds is 3. The van der Waals surface area contributed by atoms with E-state index in [1.807, 2.05) is 43.0 Å². The molecular formula is C17H21N3O2.